The second-order valence-corrected chi connectivity index (χ2v) is 6.96. The molecule has 0 aliphatic rings. The second kappa shape index (κ2) is 6.84. The molecule has 3 aromatic rings. The van der Waals surface area contributed by atoms with Crippen LogP contribution in [0.15, 0.2) is 27.1 Å². The van der Waals surface area contributed by atoms with Gasteiger partial charge < -0.3 is 9.73 Å². The Labute approximate surface area is 135 Å². The van der Waals surface area contributed by atoms with E-state index in [1.165, 1.54) is 0 Å². The van der Waals surface area contributed by atoms with Crippen molar-refractivity contribution >= 4 is 29.0 Å². The summed E-state index contributed by atoms with van der Waals surface area (Å²) in [7, 11) is 0. The molecule has 0 aliphatic carbocycles. The molecular formula is C13H14N6OS2. The summed E-state index contributed by atoms with van der Waals surface area (Å²) in [5, 5.41) is 20.1. The summed E-state index contributed by atoms with van der Waals surface area (Å²) >= 11 is 3.25. The molecule has 0 unspecified atom stereocenters. The summed E-state index contributed by atoms with van der Waals surface area (Å²) < 4.78 is 6.50. The monoisotopic (exact) mass is 334 g/mol. The molecule has 7 nitrogen and oxygen atoms in total. The predicted octanol–water partition coefficient (Wildman–Crippen LogP) is 2.80. The van der Waals surface area contributed by atoms with Crippen LogP contribution in [0.3, 0.4) is 0 Å². The van der Waals surface area contributed by atoms with E-state index in [1.54, 1.807) is 29.3 Å². The molecule has 0 radical (unpaired) electrons. The maximum Gasteiger partial charge on any atom is 0.243 e. The van der Waals surface area contributed by atoms with Gasteiger partial charge in [-0.2, -0.15) is 5.10 Å². The molecule has 3 heterocycles. The van der Waals surface area contributed by atoms with Crippen molar-refractivity contribution in [2.24, 2.45) is 0 Å². The maximum absolute atomic E-state index is 5.53. The molecule has 0 bridgehead atoms. The van der Waals surface area contributed by atoms with Gasteiger partial charge in [-0.3, -0.25) is 0 Å². The van der Waals surface area contributed by atoms with Gasteiger partial charge in [-0.05, 0) is 26.0 Å². The third kappa shape index (κ3) is 3.80. The first-order valence-corrected chi connectivity index (χ1v) is 8.44. The Hall–Kier alpha value is -2.00. The van der Waals surface area contributed by atoms with Gasteiger partial charge in [0.05, 0.1) is 6.20 Å². The van der Waals surface area contributed by atoms with Crippen LogP contribution in [0.5, 0.6) is 0 Å². The van der Waals surface area contributed by atoms with E-state index in [1.807, 2.05) is 26.0 Å². The lowest BCUT2D eigenvalue weighted by atomic mass is 10.3. The van der Waals surface area contributed by atoms with Crippen LogP contribution in [-0.4, -0.2) is 37.7 Å². The molecule has 0 fully saturated rings. The highest BCUT2D eigenvalue weighted by atomic mass is 32.2. The zero-order valence-electron chi connectivity index (χ0n) is 12.1. The molecule has 3 rings (SSSR count). The number of hydrogen-bond donors (Lipinski definition) is 1. The third-order valence-electron chi connectivity index (χ3n) is 2.67. The van der Waals surface area contributed by atoms with Gasteiger partial charge in [0.25, 0.3) is 0 Å². The third-order valence-corrected chi connectivity index (χ3v) is 4.64. The maximum atomic E-state index is 5.53. The van der Waals surface area contributed by atoms with Crippen LogP contribution in [0, 0.1) is 13.8 Å². The van der Waals surface area contributed by atoms with Crippen LogP contribution >= 0.6 is 23.1 Å². The minimum atomic E-state index is 0.487. The Kier molecular flexibility index (Phi) is 4.64. The lowest BCUT2D eigenvalue weighted by molar-refractivity contribution is 0.546. The van der Waals surface area contributed by atoms with Crippen molar-refractivity contribution in [3.8, 4) is 11.5 Å². The van der Waals surface area contributed by atoms with Crippen molar-refractivity contribution in [1.29, 1.82) is 0 Å². The zero-order valence-corrected chi connectivity index (χ0v) is 13.7. The summed E-state index contributed by atoms with van der Waals surface area (Å²) in [6.07, 6.45) is 1.59. The number of aryl methyl sites for hydroxylation is 2. The highest BCUT2D eigenvalue weighted by Crippen LogP contribution is 2.22. The molecule has 9 heteroatoms. The van der Waals surface area contributed by atoms with Gasteiger partial charge in [-0.15, -0.1) is 15.3 Å². The smallest absolute Gasteiger partial charge is 0.243 e. The highest BCUT2D eigenvalue weighted by Gasteiger charge is 2.07. The SMILES string of the molecule is Cc1ccc(-c2cnnc(NCCSc3nnc(C)s3)n2)o1. The molecule has 0 saturated carbocycles. The lowest BCUT2D eigenvalue weighted by Crippen LogP contribution is -2.08. The Morgan fingerprint density at radius 1 is 1.23 bits per heavy atom. The first-order valence-electron chi connectivity index (χ1n) is 6.64. The molecule has 22 heavy (non-hydrogen) atoms. The molecule has 0 aromatic carbocycles. The van der Waals surface area contributed by atoms with Gasteiger partial charge in [-0.25, -0.2) is 4.98 Å². The van der Waals surface area contributed by atoms with E-state index in [2.05, 4.69) is 30.7 Å². The van der Waals surface area contributed by atoms with Crippen LogP contribution in [0.2, 0.25) is 0 Å². The number of thioether (sulfide) groups is 1. The molecular weight excluding hydrogens is 320 g/mol. The summed E-state index contributed by atoms with van der Waals surface area (Å²) in [5.41, 5.74) is 0.665. The second-order valence-electron chi connectivity index (χ2n) is 4.44. The van der Waals surface area contributed by atoms with E-state index in [4.69, 9.17) is 4.42 Å². The van der Waals surface area contributed by atoms with Gasteiger partial charge in [0.1, 0.15) is 16.5 Å². The van der Waals surface area contributed by atoms with E-state index in [0.29, 0.717) is 23.9 Å². The van der Waals surface area contributed by atoms with Crippen molar-refractivity contribution in [3.05, 3.63) is 29.1 Å². The first-order chi connectivity index (χ1) is 10.7. The average Bonchev–Trinajstić information content (AvgIpc) is 3.13. The van der Waals surface area contributed by atoms with Gasteiger partial charge in [0.15, 0.2) is 10.1 Å². The van der Waals surface area contributed by atoms with Gasteiger partial charge in [-0.1, -0.05) is 23.1 Å². The number of furan rings is 1. The molecule has 0 amide bonds. The van der Waals surface area contributed by atoms with Crippen molar-refractivity contribution in [2.75, 3.05) is 17.6 Å². The minimum Gasteiger partial charge on any atom is -0.460 e. The zero-order chi connectivity index (χ0) is 15.4. The van der Waals surface area contributed by atoms with Crippen molar-refractivity contribution in [2.45, 2.75) is 18.2 Å². The number of aromatic nitrogens is 5. The summed E-state index contributed by atoms with van der Waals surface area (Å²) in [6.45, 7) is 4.55. The van der Waals surface area contributed by atoms with Crippen molar-refractivity contribution in [1.82, 2.24) is 25.4 Å². The number of hydrogen-bond acceptors (Lipinski definition) is 9. The molecule has 3 aromatic heterocycles. The molecule has 0 aliphatic heterocycles. The largest absolute Gasteiger partial charge is 0.460 e. The Balaban J connectivity index is 1.54. The van der Waals surface area contributed by atoms with Crippen LogP contribution < -0.4 is 5.32 Å². The summed E-state index contributed by atoms with van der Waals surface area (Å²) in [4.78, 5) is 4.39. The molecule has 0 spiro atoms. The molecule has 114 valence electrons. The highest BCUT2D eigenvalue weighted by molar-refractivity contribution is 8.01. The fourth-order valence-corrected chi connectivity index (χ4v) is 3.45. The minimum absolute atomic E-state index is 0.487. The molecule has 0 saturated heterocycles. The van der Waals surface area contributed by atoms with E-state index in [-0.39, 0.29) is 0 Å². The van der Waals surface area contributed by atoms with Gasteiger partial charge >= 0.3 is 0 Å². The number of nitrogens with one attached hydrogen (secondary N) is 1. The van der Waals surface area contributed by atoms with E-state index in [9.17, 15) is 0 Å². The van der Waals surface area contributed by atoms with E-state index in [0.717, 1.165) is 20.9 Å². The fourth-order valence-electron chi connectivity index (χ4n) is 1.71. The van der Waals surface area contributed by atoms with E-state index < -0.39 is 0 Å². The Morgan fingerprint density at radius 2 is 2.14 bits per heavy atom. The Morgan fingerprint density at radius 3 is 2.86 bits per heavy atom. The summed E-state index contributed by atoms with van der Waals surface area (Å²) in [6, 6.07) is 3.77. The number of nitrogens with zero attached hydrogens (tertiary/aromatic N) is 5. The lowest BCUT2D eigenvalue weighted by Gasteiger charge is -2.03. The normalized spacial score (nSPS) is 10.8. The van der Waals surface area contributed by atoms with Gasteiger partial charge in [0, 0.05) is 12.3 Å². The van der Waals surface area contributed by atoms with E-state index >= 15 is 0 Å². The van der Waals surface area contributed by atoms with Crippen LogP contribution in [-0.2, 0) is 0 Å². The number of rotatable bonds is 6. The van der Waals surface area contributed by atoms with Crippen LogP contribution in [0.1, 0.15) is 10.8 Å². The topological polar surface area (TPSA) is 89.6 Å². The predicted molar refractivity (Wildman–Crippen MR) is 86.1 cm³/mol. The number of anilines is 1. The quantitative estimate of drug-likeness (QED) is 0.544. The molecule has 1 N–H and O–H groups in total. The fraction of sp³-hybridized carbons (Fsp3) is 0.308. The van der Waals surface area contributed by atoms with Crippen LogP contribution in [0.4, 0.5) is 5.95 Å². The van der Waals surface area contributed by atoms with Crippen molar-refractivity contribution in [3.63, 3.8) is 0 Å². The van der Waals surface area contributed by atoms with Gasteiger partial charge in [0.2, 0.25) is 5.95 Å². The first kappa shape index (κ1) is 14.9. The standard InChI is InChI=1S/C13H14N6OS2/c1-8-3-4-11(20-8)10-7-15-18-12(16-10)14-5-6-21-13-19-17-9(2)22-13/h3-4,7H,5-6H2,1-2H3,(H,14,16,18). The van der Waals surface area contributed by atoms with Crippen molar-refractivity contribution < 1.29 is 4.42 Å². The summed E-state index contributed by atoms with van der Waals surface area (Å²) in [5.74, 6) is 2.86. The Bertz CT molecular complexity index is 756. The molecule has 0 atom stereocenters. The average molecular weight is 334 g/mol. The van der Waals surface area contributed by atoms with Crippen LogP contribution in [0.25, 0.3) is 11.5 Å².